The number of para-hydroxylation sites is 1. The number of rotatable bonds is 4. The third-order valence-electron chi connectivity index (χ3n) is 3.44. The highest BCUT2D eigenvalue weighted by Gasteiger charge is 2.11. The molecule has 0 N–H and O–H groups in total. The molecule has 0 unspecified atom stereocenters. The maximum absolute atomic E-state index is 12.7. The van der Waals surface area contributed by atoms with Crippen molar-refractivity contribution < 1.29 is 0 Å². The summed E-state index contributed by atoms with van der Waals surface area (Å²) in [4.78, 5) is 19.6. The third-order valence-corrected chi connectivity index (χ3v) is 4.89. The van der Waals surface area contributed by atoms with Crippen LogP contribution in [0, 0.1) is 0 Å². The van der Waals surface area contributed by atoms with E-state index in [-0.39, 0.29) is 11.4 Å². The first kappa shape index (κ1) is 14.3. The van der Waals surface area contributed by atoms with Gasteiger partial charge in [-0.1, -0.05) is 19.1 Å². The Balaban J connectivity index is 2.12. The first-order chi connectivity index (χ1) is 10.2. The quantitative estimate of drug-likeness (QED) is 0.686. The Labute approximate surface area is 131 Å². The van der Waals surface area contributed by atoms with Crippen molar-refractivity contribution in [1.29, 1.82) is 0 Å². The Hall–Kier alpha value is -1.65. The number of thiophene rings is 1. The van der Waals surface area contributed by atoms with Gasteiger partial charge in [-0.3, -0.25) is 9.36 Å². The van der Waals surface area contributed by atoms with Crippen LogP contribution < -0.4 is 5.56 Å². The summed E-state index contributed by atoms with van der Waals surface area (Å²) in [5.74, 6) is 0.846. The highest BCUT2D eigenvalue weighted by atomic mass is 35.5. The summed E-state index contributed by atoms with van der Waals surface area (Å²) in [5, 5.41) is 0.638. The Kier molecular flexibility index (Phi) is 4.08. The van der Waals surface area contributed by atoms with Gasteiger partial charge in [-0.25, -0.2) is 4.98 Å². The van der Waals surface area contributed by atoms with Crippen molar-refractivity contribution in [3.8, 4) is 0 Å². The minimum absolute atomic E-state index is 0.0253. The number of hydrogen-bond donors (Lipinski definition) is 0. The van der Waals surface area contributed by atoms with E-state index in [1.165, 1.54) is 4.88 Å². The summed E-state index contributed by atoms with van der Waals surface area (Å²) in [6.07, 6.45) is 1.01. The molecular weight excluding hydrogens is 304 g/mol. The van der Waals surface area contributed by atoms with Gasteiger partial charge in [-0.15, -0.1) is 22.9 Å². The molecular formula is C16H15ClN2OS. The Morgan fingerprint density at radius 2 is 1.95 bits per heavy atom. The van der Waals surface area contributed by atoms with Crippen molar-refractivity contribution in [3.05, 3.63) is 62.3 Å². The zero-order valence-electron chi connectivity index (χ0n) is 11.7. The number of alkyl halides is 1. The average Bonchev–Trinajstić information content (AvgIpc) is 2.97. The molecule has 3 aromatic rings. The number of aromatic nitrogens is 2. The normalized spacial score (nSPS) is 11.1. The molecule has 1 aromatic carbocycles. The highest BCUT2D eigenvalue weighted by Crippen LogP contribution is 2.19. The number of hydrogen-bond acceptors (Lipinski definition) is 3. The lowest BCUT2D eigenvalue weighted by Gasteiger charge is -2.10. The molecule has 0 amide bonds. The zero-order chi connectivity index (χ0) is 14.8. The maximum atomic E-state index is 12.7. The molecule has 0 aliphatic rings. The molecule has 2 heterocycles. The summed E-state index contributed by atoms with van der Waals surface area (Å²) in [7, 11) is 0. The van der Waals surface area contributed by atoms with E-state index in [0.717, 1.165) is 11.3 Å². The second-order valence-electron chi connectivity index (χ2n) is 4.79. The standard InChI is InChI=1S/C16H15ClN2OS/c1-2-11-7-8-12(21-11)10-19-15(9-17)18-14-6-4-3-5-13(14)16(19)20/h3-8H,2,9-10H2,1H3. The predicted molar refractivity (Wildman–Crippen MR) is 88.4 cm³/mol. The van der Waals surface area contributed by atoms with Crippen LogP contribution in [0.15, 0.2) is 41.2 Å². The van der Waals surface area contributed by atoms with E-state index in [9.17, 15) is 4.79 Å². The van der Waals surface area contributed by atoms with Crippen LogP contribution in [0.4, 0.5) is 0 Å². The fraction of sp³-hybridized carbons (Fsp3) is 0.250. The van der Waals surface area contributed by atoms with E-state index in [4.69, 9.17) is 11.6 Å². The van der Waals surface area contributed by atoms with Crippen molar-refractivity contribution in [2.24, 2.45) is 0 Å². The topological polar surface area (TPSA) is 34.9 Å². The molecule has 0 aliphatic carbocycles. The first-order valence-corrected chi connectivity index (χ1v) is 8.20. The van der Waals surface area contributed by atoms with Crippen molar-refractivity contribution in [2.75, 3.05) is 0 Å². The second kappa shape index (κ2) is 6.00. The Bertz CT molecular complexity index is 838. The van der Waals surface area contributed by atoms with Crippen molar-refractivity contribution in [2.45, 2.75) is 25.8 Å². The van der Waals surface area contributed by atoms with Crippen LogP contribution in [0.25, 0.3) is 10.9 Å². The van der Waals surface area contributed by atoms with E-state index in [2.05, 4.69) is 24.0 Å². The molecule has 2 aromatic heterocycles. The second-order valence-corrected chi connectivity index (χ2v) is 6.31. The molecule has 0 saturated carbocycles. The molecule has 5 heteroatoms. The van der Waals surface area contributed by atoms with Crippen LogP contribution in [0.1, 0.15) is 22.5 Å². The van der Waals surface area contributed by atoms with Crippen LogP contribution in [-0.2, 0) is 18.8 Å². The van der Waals surface area contributed by atoms with Gasteiger partial charge < -0.3 is 0 Å². The van der Waals surface area contributed by atoms with Crippen LogP contribution in [-0.4, -0.2) is 9.55 Å². The largest absolute Gasteiger partial charge is 0.290 e. The van der Waals surface area contributed by atoms with E-state index in [1.54, 1.807) is 15.9 Å². The third kappa shape index (κ3) is 2.74. The Morgan fingerprint density at radius 3 is 2.67 bits per heavy atom. The molecule has 0 bridgehead atoms. The summed E-state index contributed by atoms with van der Waals surface area (Å²) in [6.45, 7) is 2.66. The van der Waals surface area contributed by atoms with Gasteiger partial charge in [0.25, 0.3) is 5.56 Å². The highest BCUT2D eigenvalue weighted by molar-refractivity contribution is 7.11. The van der Waals surface area contributed by atoms with E-state index < -0.39 is 0 Å². The lowest BCUT2D eigenvalue weighted by molar-refractivity contribution is 0.714. The van der Waals surface area contributed by atoms with E-state index >= 15 is 0 Å². The molecule has 0 saturated heterocycles. The SMILES string of the molecule is CCc1ccc(Cn2c(CCl)nc3ccccc3c2=O)s1. The molecule has 3 nitrogen and oxygen atoms in total. The van der Waals surface area contributed by atoms with Gasteiger partial charge in [0.2, 0.25) is 0 Å². The number of aryl methyl sites for hydroxylation is 1. The van der Waals surface area contributed by atoms with Gasteiger partial charge in [0.15, 0.2) is 0 Å². The van der Waals surface area contributed by atoms with E-state index in [1.807, 2.05) is 24.3 Å². The fourth-order valence-corrected chi connectivity index (χ4v) is 3.48. The van der Waals surface area contributed by atoms with Crippen molar-refractivity contribution in [1.82, 2.24) is 9.55 Å². The maximum Gasteiger partial charge on any atom is 0.261 e. The summed E-state index contributed by atoms with van der Waals surface area (Å²) < 4.78 is 1.68. The predicted octanol–water partition coefficient (Wildman–Crippen LogP) is 3.81. The zero-order valence-corrected chi connectivity index (χ0v) is 13.2. The van der Waals surface area contributed by atoms with E-state index in [0.29, 0.717) is 23.3 Å². The smallest absolute Gasteiger partial charge is 0.261 e. The molecule has 0 atom stereocenters. The Morgan fingerprint density at radius 1 is 1.19 bits per heavy atom. The minimum Gasteiger partial charge on any atom is -0.290 e. The van der Waals surface area contributed by atoms with Gasteiger partial charge in [0.05, 0.1) is 23.3 Å². The average molecular weight is 319 g/mol. The summed E-state index contributed by atoms with van der Waals surface area (Å²) in [6, 6.07) is 11.6. The monoisotopic (exact) mass is 318 g/mol. The molecule has 3 rings (SSSR count). The molecule has 21 heavy (non-hydrogen) atoms. The van der Waals surface area contributed by atoms with Gasteiger partial charge in [0, 0.05) is 9.75 Å². The number of fused-ring (bicyclic) bond motifs is 1. The van der Waals surface area contributed by atoms with Crippen LogP contribution >= 0.6 is 22.9 Å². The summed E-state index contributed by atoms with van der Waals surface area (Å²) >= 11 is 7.71. The fourth-order valence-electron chi connectivity index (χ4n) is 2.33. The molecule has 0 aliphatic heterocycles. The summed E-state index contributed by atoms with van der Waals surface area (Å²) in [5.41, 5.74) is 0.678. The lowest BCUT2D eigenvalue weighted by atomic mass is 10.2. The molecule has 108 valence electrons. The van der Waals surface area contributed by atoms with Crippen molar-refractivity contribution >= 4 is 33.8 Å². The van der Waals surface area contributed by atoms with Gasteiger partial charge >= 0.3 is 0 Å². The molecule has 0 radical (unpaired) electrons. The number of halogens is 1. The minimum atomic E-state index is -0.0253. The molecule has 0 spiro atoms. The molecule has 0 fully saturated rings. The number of benzene rings is 1. The van der Waals surface area contributed by atoms with Crippen LogP contribution in [0.2, 0.25) is 0 Å². The van der Waals surface area contributed by atoms with Gasteiger partial charge in [-0.05, 0) is 30.7 Å². The van der Waals surface area contributed by atoms with Crippen LogP contribution in [0.5, 0.6) is 0 Å². The lowest BCUT2D eigenvalue weighted by Crippen LogP contribution is -2.25. The van der Waals surface area contributed by atoms with Gasteiger partial charge in [0.1, 0.15) is 5.82 Å². The first-order valence-electron chi connectivity index (χ1n) is 6.85. The van der Waals surface area contributed by atoms with Crippen molar-refractivity contribution in [3.63, 3.8) is 0 Å². The number of nitrogens with zero attached hydrogens (tertiary/aromatic N) is 2. The van der Waals surface area contributed by atoms with Gasteiger partial charge in [-0.2, -0.15) is 0 Å². The van der Waals surface area contributed by atoms with Crippen LogP contribution in [0.3, 0.4) is 0 Å².